The normalized spacial score (nSPS) is 12.3. The molecule has 0 bridgehead atoms. The van der Waals surface area contributed by atoms with E-state index in [1.54, 1.807) is 0 Å². The first-order valence-electron chi connectivity index (χ1n) is 6.39. The van der Waals surface area contributed by atoms with Crippen LogP contribution in [0.1, 0.15) is 40.9 Å². The number of benzene rings is 1. The number of esters is 1. The number of carbonyl (C=O) groups excluding carboxylic acids is 1. The Bertz CT molecular complexity index is 598. The Kier molecular flexibility index (Phi) is 4.38. The van der Waals surface area contributed by atoms with E-state index >= 15 is 0 Å². The number of carbonyl (C=O) groups is 1. The Balaban J connectivity index is 2.41. The number of thiophene rings is 1. The van der Waals surface area contributed by atoms with Crippen molar-refractivity contribution in [2.45, 2.75) is 25.7 Å². The molecule has 2 rings (SSSR count). The van der Waals surface area contributed by atoms with Crippen molar-refractivity contribution in [3.05, 3.63) is 47.4 Å². The summed E-state index contributed by atoms with van der Waals surface area (Å²) in [6.07, 6.45) is 4.03. The fourth-order valence-corrected chi connectivity index (χ4v) is 3.25. The van der Waals surface area contributed by atoms with Gasteiger partial charge in [-0.3, -0.25) is 0 Å². The number of hydrogen-bond acceptors (Lipinski definition) is 3. The highest BCUT2D eigenvalue weighted by atomic mass is 32.1. The fraction of sp³-hybridized carbons (Fsp3) is 0.312. The Morgan fingerprint density at radius 1 is 1.53 bits per heavy atom. The number of methoxy groups -OCH3 is 1. The smallest absolute Gasteiger partial charge is 0.348 e. The molecule has 0 saturated heterocycles. The minimum atomic E-state index is -0.258. The molecule has 1 atom stereocenters. The van der Waals surface area contributed by atoms with Crippen LogP contribution in [-0.2, 0) is 4.74 Å². The zero-order valence-corrected chi connectivity index (χ0v) is 12.1. The molecule has 1 aromatic carbocycles. The number of rotatable bonds is 5. The van der Waals surface area contributed by atoms with E-state index in [9.17, 15) is 4.79 Å². The van der Waals surface area contributed by atoms with Crippen molar-refractivity contribution in [1.29, 1.82) is 0 Å². The number of fused-ring (bicyclic) bond motifs is 1. The summed E-state index contributed by atoms with van der Waals surface area (Å²) in [5.74, 6) is 0.202. The second-order valence-electron chi connectivity index (χ2n) is 4.63. The molecule has 2 nitrogen and oxygen atoms in total. The molecule has 0 amide bonds. The summed E-state index contributed by atoms with van der Waals surface area (Å²) in [5, 5.41) is 1.17. The third-order valence-electron chi connectivity index (χ3n) is 3.32. The van der Waals surface area contributed by atoms with Crippen molar-refractivity contribution in [3.63, 3.8) is 0 Å². The lowest BCUT2D eigenvalue weighted by Crippen LogP contribution is -1.97. The molecular formula is C16H18O2S. The maximum Gasteiger partial charge on any atom is 0.348 e. The van der Waals surface area contributed by atoms with Crippen molar-refractivity contribution in [1.82, 2.24) is 0 Å². The number of ether oxygens (including phenoxy) is 1. The molecule has 0 aliphatic carbocycles. The van der Waals surface area contributed by atoms with Crippen LogP contribution < -0.4 is 0 Å². The van der Waals surface area contributed by atoms with Crippen LogP contribution in [0.15, 0.2) is 36.9 Å². The Hall–Kier alpha value is -1.61. The summed E-state index contributed by atoms with van der Waals surface area (Å²) in [6, 6.07) is 8.20. The van der Waals surface area contributed by atoms with Crippen molar-refractivity contribution in [2.75, 3.05) is 7.11 Å². The van der Waals surface area contributed by atoms with Gasteiger partial charge in [0.05, 0.1) is 7.11 Å². The molecule has 2 aromatic rings. The van der Waals surface area contributed by atoms with Gasteiger partial charge in [-0.15, -0.1) is 17.9 Å². The highest BCUT2D eigenvalue weighted by Gasteiger charge is 2.15. The molecule has 3 heteroatoms. The van der Waals surface area contributed by atoms with Crippen LogP contribution in [0.25, 0.3) is 10.1 Å². The van der Waals surface area contributed by atoms with Gasteiger partial charge in [-0.1, -0.05) is 25.1 Å². The lowest BCUT2D eigenvalue weighted by atomic mass is 9.93. The lowest BCUT2D eigenvalue weighted by Gasteiger charge is -2.11. The van der Waals surface area contributed by atoms with Gasteiger partial charge in [0.2, 0.25) is 0 Å². The van der Waals surface area contributed by atoms with Gasteiger partial charge in [0.15, 0.2) is 0 Å². The molecule has 0 fully saturated rings. The zero-order chi connectivity index (χ0) is 13.8. The zero-order valence-electron chi connectivity index (χ0n) is 11.3. The summed E-state index contributed by atoms with van der Waals surface area (Å²) in [4.78, 5) is 12.3. The van der Waals surface area contributed by atoms with Gasteiger partial charge >= 0.3 is 5.97 Å². The van der Waals surface area contributed by atoms with Gasteiger partial charge in [-0.2, -0.15) is 0 Å². The first kappa shape index (κ1) is 13.8. The highest BCUT2D eigenvalue weighted by Crippen LogP contribution is 2.34. The van der Waals surface area contributed by atoms with Crippen molar-refractivity contribution in [2.24, 2.45) is 0 Å². The molecule has 100 valence electrons. The quantitative estimate of drug-likeness (QED) is 0.580. The molecule has 1 heterocycles. The van der Waals surface area contributed by atoms with Crippen LogP contribution in [0.4, 0.5) is 0 Å². The second kappa shape index (κ2) is 6.02. The van der Waals surface area contributed by atoms with E-state index in [0.717, 1.165) is 17.5 Å². The van der Waals surface area contributed by atoms with Crippen molar-refractivity contribution < 1.29 is 9.53 Å². The van der Waals surface area contributed by atoms with Crippen molar-refractivity contribution in [3.8, 4) is 0 Å². The topological polar surface area (TPSA) is 26.3 Å². The summed E-state index contributed by atoms with van der Waals surface area (Å²) < 4.78 is 5.93. The van der Waals surface area contributed by atoms with Gasteiger partial charge in [0, 0.05) is 4.70 Å². The summed E-state index contributed by atoms with van der Waals surface area (Å²) >= 11 is 1.49. The lowest BCUT2D eigenvalue weighted by molar-refractivity contribution is 0.0606. The third-order valence-corrected chi connectivity index (χ3v) is 4.40. The average molecular weight is 274 g/mol. The first-order chi connectivity index (χ1) is 9.17. The molecule has 0 aliphatic heterocycles. The average Bonchev–Trinajstić information content (AvgIpc) is 2.87. The number of hydrogen-bond donors (Lipinski definition) is 0. The summed E-state index contributed by atoms with van der Waals surface area (Å²) in [7, 11) is 1.42. The fourth-order valence-electron chi connectivity index (χ4n) is 2.24. The van der Waals surface area contributed by atoms with Gasteiger partial charge in [-0.25, -0.2) is 4.79 Å². The Labute approximate surface area is 117 Å². The van der Waals surface area contributed by atoms with E-state index in [-0.39, 0.29) is 5.97 Å². The van der Waals surface area contributed by atoms with Crippen LogP contribution in [-0.4, -0.2) is 13.1 Å². The van der Waals surface area contributed by atoms with E-state index in [1.807, 2.05) is 12.1 Å². The Morgan fingerprint density at radius 3 is 3.00 bits per heavy atom. The monoisotopic (exact) mass is 274 g/mol. The molecule has 0 spiro atoms. The maximum absolute atomic E-state index is 11.6. The molecule has 0 radical (unpaired) electrons. The summed E-state index contributed by atoms with van der Waals surface area (Å²) in [5.41, 5.74) is 1.30. The van der Waals surface area contributed by atoms with Crippen LogP contribution >= 0.6 is 11.3 Å². The van der Waals surface area contributed by atoms with Crippen molar-refractivity contribution >= 4 is 27.4 Å². The second-order valence-corrected chi connectivity index (χ2v) is 5.71. The van der Waals surface area contributed by atoms with Gasteiger partial charge < -0.3 is 4.74 Å². The summed E-state index contributed by atoms with van der Waals surface area (Å²) in [6.45, 7) is 5.98. The highest BCUT2D eigenvalue weighted by molar-refractivity contribution is 7.20. The number of allylic oxidation sites excluding steroid dienone is 1. The minimum Gasteiger partial charge on any atom is -0.465 e. The van der Waals surface area contributed by atoms with Crippen LogP contribution in [0, 0.1) is 0 Å². The molecule has 1 unspecified atom stereocenters. The van der Waals surface area contributed by atoms with Gasteiger partial charge in [0.1, 0.15) is 4.88 Å². The SMILES string of the molecule is C=CCCC(C)c1cccc2sc(C(=O)OC)cc12. The van der Waals surface area contributed by atoms with Crippen LogP contribution in [0.3, 0.4) is 0 Å². The molecule has 1 aromatic heterocycles. The molecule has 0 aliphatic rings. The van der Waals surface area contributed by atoms with Gasteiger partial charge in [0.25, 0.3) is 0 Å². The van der Waals surface area contributed by atoms with E-state index in [1.165, 1.54) is 29.4 Å². The van der Waals surface area contributed by atoms with E-state index in [0.29, 0.717) is 10.8 Å². The molecule has 19 heavy (non-hydrogen) atoms. The van der Waals surface area contributed by atoms with Crippen LogP contribution in [0.2, 0.25) is 0 Å². The standard InChI is InChI=1S/C16H18O2S/c1-4-5-7-11(2)12-8-6-9-14-13(12)10-15(19-14)16(17)18-3/h4,6,8-11H,1,5,7H2,2-3H3. The van der Waals surface area contributed by atoms with Crippen LogP contribution in [0.5, 0.6) is 0 Å². The first-order valence-corrected chi connectivity index (χ1v) is 7.20. The third kappa shape index (κ3) is 2.87. The van der Waals surface area contributed by atoms with Gasteiger partial charge in [-0.05, 0) is 41.8 Å². The largest absolute Gasteiger partial charge is 0.465 e. The van der Waals surface area contributed by atoms with E-state index in [2.05, 4.69) is 31.7 Å². The predicted molar refractivity (Wildman–Crippen MR) is 81.0 cm³/mol. The molecule has 0 saturated carbocycles. The molecule has 0 N–H and O–H groups in total. The molecular weight excluding hydrogens is 256 g/mol. The van der Waals surface area contributed by atoms with E-state index < -0.39 is 0 Å². The van der Waals surface area contributed by atoms with E-state index in [4.69, 9.17) is 4.74 Å². The maximum atomic E-state index is 11.6. The minimum absolute atomic E-state index is 0.258. The Morgan fingerprint density at radius 2 is 2.32 bits per heavy atom. The predicted octanol–water partition coefficient (Wildman–Crippen LogP) is 4.76.